The summed E-state index contributed by atoms with van der Waals surface area (Å²) in [5, 5.41) is 2.29. The highest BCUT2D eigenvalue weighted by molar-refractivity contribution is 6.20. The van der Waals surface area contributed by atoms with E-state index < -0.39 is 23.5 Å². The van der Waals surface area contributed by atoms with Gasteiger partial charge in [0.25, 0.3) is 17.7 Å². The van der Waals surface area contributed by atoms with Crippen LogP contribution in [0.2, 0.25) is 0 Å². The number of fused-ring (bicyclic) bond motifs is 1. The molecule has 0 spiro atoms. The molecule has 3 aliphatic rings. The first kappa shape index (κ1) is 16.3. The van der Waals surface area contributed by atoms with Gasteiger partial charge >= 0.3 is 0 Å². The van der Waals surface area contributed by atoms with Crippen LogP contribution in [0.25, 0.3) is 0 Å². The van der Waals surface area contributed by atoms with Gasteiger partial charge in [-0.3, -0.25) is 24.6 Å². The normalized spacial score (nSPS) is 21.8. The Kier molecular flexibility index (Phi) is 3.76. The van der Waals surface area contributed by atoms with Crippen LogP contribution in [0.3, 0.4) is 0 Å². The van der Waals surface area contributed by atoms with Crippen molar-refractivity contribution in [2.45, 2.75) is 25.2 Å². The van der Waals surface area contributed by atoms with Crippen molar-refractivity contribution in [1.82, 2.24) is 5.32 Å². The molecular formula is C19H15FN2O4. The number of halogens is 1. The standard InChI is InChI=1S/C19H15FN2O4/c1-2-6-22-14-7-12(13(20)8-15(14)26-9-16(22)23)10-4-3-5-11-17(10)19(25)21-18(11)24/h1,7-8,10H,3-6,9H2,(H,21,24,25). The van der Waals surface area contributed by atoms with E-state index in [9.17, 15) is 18.8 Å². The monoisotopic (exact) mass is 354 g/mol. The molecule has 3 amide bonds. The number of hydrogen-bond donors (Lipinski definition) is 1. The first-order chi connectivity index (χ1) is 12.5. The molecule has 1 unspecified atom stereocenters. The number of imide groups is 1. The summed E-state index contributed by atoms with van der Waals surface area (Å²) in [7, 11) is 0. The number of nitrogens with zero attached hydrogens (tertiary/aromatic N) is 1. The fourth-order valence-electron chi connectivity index (χ4n) is 3.83. The quantitative estimate of drug-likeness (QED) is 0.644. The van der Waals surface area contributed by atoms with E-state index in [1.807, 2.05) is 0 Å². The largest absolute Gasteiger partial charge is 0.481 e. The predicted molar refractivity (Wildman–Crippen MR) is 89.8 cm³/mol. The number of amides is 3. The first-order valence-electron chi connectivity index (χ1n) is 8.30. The number of carbonyl (C=O) groups excluding carboxylic acids is 3. The fraction of sp³-hybridized carbons (Fsp3) is 0.316. The van der Waals surface area contributed by atoms with Crippen LogP contribution in [0.4, 0.5) is 10.1 Å². The molecule has 2 heterocycles. The lowest BCUT2D eigenvalue weighted by atomic mass is 9.79. The molecule has 0 saturated heterocycles. The topological polar surface area (TPSA) is 75.7 Å². The third-order valence-electron chi connectivity index (χ3n) is 4.99. The molecule has 6 nitrogen and oxygen atoms in total. The van der Waals surface area contributed by atoms with Crippen LogP contribution in [0.15, 0.2) is 23.3 Å². The van der Waals surface area contributed by atoms with Gasteiger partial charge in [0.15, 0.2) is 6.61 Å². The van der Waals surface area contributed by atoms with Gasteiger partial charge in [0, 0.05) is 23.1 Å². The molecule has 1 aliphatic carbocycles. The highest BCUT2D eigenvalue weighted by atomic mass is 19.1. The molecule has 4 rings (SSSR count). The molecule has 1 aromatic rings. The average Bonchev–Trinajstić information content (AvgIpc) is 2.92. The summed E-state index contributed by atoms with van der Waals surface area (Å²) in [5.74, 6) is 0.376. The van der Waals surface area contributed by atoms with Crippen LogP contribution in [0.1, 0.15) is 30.7 Å². The maximum atomic E-state index is 14.8. The molecular weight excluding hydrogens is 339 g/mol. The van der Waals surface area contributed by atoms with Crippen molar-refractivity contribution in [1.29, 1.82) is 0 Å². The Morgan fingerprint density at radius 3 is 2.88 bits per heavy atom. The van der Waals surface area contributed by atoms with Crippen molar-refractivity contribution >= 4 is 23.4 Å². The molecule has 1 N–H and O–H groups in total. The minimum Gasteiger partial charge on any atom is -0.481 e. The van der Waals surface area contributed by atoms with Crippen LogP contribution in [-0.2, 0) is 14.4 Å². The zero-order valence-electron chi connectivity index (χ0n) is 13.8. The van der Waals surface area contributed by atoms with E-state index in [-0.39, 0.29) is 30.4 Å². The Hall–Kier alpha value is -3.14. The van der Waals surface area contributed by atoms with Crippen molar-refractivity contribution in [2.75, 3.05) is 18.1 Å². The second kappa shape index (κ2) is 5.99. The summed E-state index contributed by atoms with van der Waals surface area (Å²) < 4.78 is 20.1. The molecule has 2 aliphatic heterocycles. The van der Waals surface area contributed by atoms with Crippen molar-refractivity contribution in [3.63, 3.8) is 0 Å². The second-order valence-electron chi connectivity index (χ2n) is 6.43. The Morgan fingerprint density at radius 2 is 2.12 bits per heavy atom. The first-order valence-corrected chi connectivity index (χ1v) is 8.30. The zero-order chi connectivity index (χ0) is 18.4. The van der Waals surface area contributed by atoms with Crippen molar-refractivity contribution < 1.29 is 23.5 Å². The SMILES string of the molecule is C#CCN1C(=O)COc2cc(F)c(C3CCCC4=C3C(=O)NC4=O)cc21. The van der Waals surface area contributed by atoms with Gasteiger partial charge in [0.2, 0.25) is 0 Å². The van der Waals surface area contributed by atoms with Crippen molar-refractivity contribution in [3.05, 3.63) is 34.7 Å². The van der Waals surface area contributed by atoms with Gasteiger partial charge in [0.05, 0.1) is 12.2 Å². The molecule has 1 atom stereocenters. The maximum absolute atomic E-state index is 14.8. The molecule has 132 valence electrons. The van der Waals surface area contributed by atoms with Gasteiger partial charge in [-0.05, 0) is 30.9 Å². The molecule has 0 saturated carbocycles. The second-order valence-corrected chi connectivity index (χ2v) is 6.43. The highest BCUT2D eigenvalue weighted by Gasteiger charge is 2.39. The van der Waals surface area contributed by atoms with E-state index >= 15 is 0 Å². The number of ether oxygens (including phenoxy) is 1. The van der Waals surface area contributed by atoms with Gasteiger partial charge in [-0.1, -0.05) is 5.92 Å². The van der Waals surface area contributed by atoms with Crippen molar-refractivity contribution in [2.24, 2.45) is 0 Å². The minimum absolute atomic E-state index is 0.0395. The lowest BCUT2D eigenvalue weighted by Gasteiger charge is -2.30. The lowest BCUT2D eigenvalue weighted by Crippen LogP contribution is -2.39. The molecule has 0 aromatic heterocycles. The van der Waals surface area contributed by atoms with E-state index in [2.05, 4.69) is 11.2 Å². The van der Waals surface area contributed by atoms with Crippen LogP contribution >= 0.6 is 0 Å². The number of carbonyl (C=O) groups is 3. The number of nitrogens with one attached hydrogen (secondary N) is 1. The number of anilines is 1. The van der Waals surface area contributed by atoms with Gasteiger partial charge in [-0.25, -0.2) is 4.39 Å². The van der Waals surface area contributed by atoms with Gasteiger partial charge in [0.1, 0.15) is 11.6 Å². The van der Waals surface area contributed by atoms with Crippen LogP contribution in [0.5, 0.6) is 5.75 Å². The van der Waals surface area contributed by atoms with E-state index in [0.717, 1.165) is 0 Å². The lowest BCUT2D eigenvalue weighted by molar-refractivity contribution is -0.124. The third-order valence-corrected chi connectivity index (χ3v) is 4.99. The van der Waals surface area contributed by atoms with Gasteiger partial charge in [-0.2, -0.15) is 0 Å². The third kappa shape index (κ3) is 2.37. The van der Waals surface area contributed by atoms with E-state index in [4.69, 9.17) is 11.2 Å². The Balaban J connectivity index is 1.83. The average molecular weight is 354 g/mol. The number of rotatable bonds is 2. The van der Waals surface area contributed by atoms with Crippen LogP contribution in [0, 0.1) is 18.2 Å². The number of hydrogen-bond acceptors (Lipinski definition) is 4. The Bertz CT molecular complexity index is 928. The predicted octanol–water partition coefficient (Wildman–Crippen LogP) is 1.40. The fourth-order valence-corrected chi connectivity index (χ4v) is 3.83. The van der Waals surface area contributed by atoms with Crippen LogP contribution in [-0.4, -0.2) is 30.9 Å². The Labute approximate surface area is 149 Å². The highest BCUT2D eigenvalue weighted by Crippen LogP contribution is 2.44. The van der Waals surface area contributed by atoms with E-state index in [1.54, 1.807) is 0 Å². The van der Waals surface area contributed by atoms with E-state index in [0.29, 0.717) is 36.1 Å². The van der Waals surface area contributed by atoms with Crippen molar-refractivity contribution in [3.8, 4) is 18.1 Å². The summed E-state index contributed by atoms with van der Waals surface area (Å²) in [6.45, 7) is -0.166. The summed E-state index contributed by atoms with van der Waals surface area (Å²) in [6.07, 6.45) is 7.05. The molecule has 0 fully saturated rings. The molecule has 1 aromatic carbocycles. The molecule has 26 heavy (non-hydrogen) atoms. The summed E-state index contributed by atoms with van der Waals surface area (Å²) in [4.78, 5) is 37.6. The molecule has 0 bridgehead atoms. The smallest absolute Gasteiger partial charge is 0.265 e. The number of terminal acetylenes is 1. The summed E-state index contributed by atoms with van der Waals surface area (Å²) in [6, 6.07) is 2.72. The van der Waals surface area contributed by atoms with Gasteiger partial charge < -0.3 is 4.74 Å². The summed E-state index contributed by atoms with van der Waals surface area (Å²) in [5.41, 5.74) is 1.40. The summed E-state index contributed by atoms with van der Waals surface area (Å²) >= 11 is 0. The molecule has 0 radical (unpaired) electrons. The Morgan fingerprint density at radius 1 is 1.31 bits per heavy atom. The van der Waals surface area contributed by atoms with Crippen LogP contribution < -0.4 is 15.0 Å². The molecule has 7 heteroatoms. The number of benzene rings is 1. The van der Waals surface area contributed by atoms with E-state index in [1.165, 1.54) is 17.0 Å². The van der Waals surface area contributed by atoms with Gasteiger partial charge in [-0.15, -0.1) is 6.42 Å². The maximum Gasteiger partial charge on any atom is 0.265 e. The zero-order valence-corrected chi connectivity index (χ0v) is 13.8. The minimum atomic E-state index is -0.541.